The van der Waals surface area contributed by atoms with Gasteiger partial charge in [0.15, 0.2) is 5.11 Å². The minimum absolute atomic E-state index is 0.217. The molecule has 6 nitrogen and oxygen atoms in total. The molecule has 0 saturated carbocycles. The van der Waals surface area contributed by atoms with Crippen molar-refractivity contribution in [2.75, 3.05) is 23.8 Å². The van der Waals surface area contributed by atoms with Crippen molar-refractivity contribution in [3.05, 3.63) is 70.6 Å². The summed E-state index contributed by atoms with van der Waals surface area (Å²) in [6.45, 7) is 5.61. The van der Waals surface area contributed by atoms with E-state index >= 15 is 0 Å². The number of carbonyl (C=O) groups excluding carboxylic acids is 2. The van der Waals surface area contributed by atoms with E-state index in [0.717, 1.165) is 26.8 Å². The topological polar surface area (TPSA) is 76.7 Å². The fourth-order valence-corrected chi connectivity index (χ4v) is 5.27. The summed E-state index contributed by atoms with van der Waals surface area (Å²) in [5.74, 6) is -1.01. The lowest BCUT2D eigenvalue weighted by Gasteiger charge is -2.14. The van der Waals surface area contributed by atoms with Crippen LogP contribution in [0, 0.1) is 6.92 Å². The minimum atomic E-state index is -0.521. The van der Waals surface area contributed by atoms with E-state index in [9.17, 15) is 9.59 Å². The van der Waals surface area contributed by atoms with Crippen LogP contribution in [0.5, 0.6) is 0 Å². The second-order valence-electron chi connectivity index (χ2n) is 6.69. The number of ether oxygens (including phenoxy) is 2. The summed E-state index contributed by atoms with van der Waals surface area (Å²) in [4.78, 5) is 27.4. The highest BCUT2D eigenvalue weighted by molar-refractivity contribution is 7.99. The van der Waals surface area contributed by atoms with Gasteiger partial charge in [0.2, 0.25) is 0 Å². The Bertz CT molecular complexity index is 1150. The molecule has 0 spiro atoms. The standard InChI is InChI=1S/C24H24N2O4S3/c1-4-29-22(27)19-15(3)20(23(28)30-5-2)33-21(19)26-24(31)25-17-13-9-10-14-18(17)32-16-11-7-6-8-12-16/h6-14H,4-5H2,1-3H3,(H2,25,26,31). The van der Waals surface area contributed by atoms with Gasteiger partial charge in [-0.25, -0.2) is 9.59 Å². The zero-order valence-corrected chi connectivity index (χ0v) is 20.9. The third kappa shape index (κ3) is 6.34. The molecule has 3 aromatic rings. The lowest BCUT2D eigenvalue weighted by Crippen LogP contribution is -2.20. The van der Waals surface area contributed by atoms with E-state index in [1.807, 2.05) is 54.6 Å². The number of rotatable bonds is 8. The first-order valence-corrected chi connectivity index (χ1v) is 12.4. The van der Waals surface area contributed by atoms with Gasteiger partial charge >= 0.3 is 11.9 Å². The summed E-state index contributed by atoms with van der Waals surface area (Å²) in [6, 6.07) is 17.8. The summed E-state index contributed by atoms with van der Waals surface area (Å²) in [7, 11) is 0. The summed E-state index contributed by atoms with van der Waals surface area (Å²) < 4.78 is 10.3. The molecule has 0 atom stereocenters. The zero-order chi connectivity index (χ0) is 23.8. The molecular weight excluding hydrogens is 476 g/mol. The average Bonchev–Trinajstić information content (AvgIpc) is 3.12. The maximum atomic E-state index is 12.6. The fraction of sp³-hybridized carbons (Fsp3) is 0.208. The Morgan fingerprint density at radius 3 is 2.27 bits per heavy atom. The van der Waals surface area contributed by atoms with Crippen molar-refractivity contribution in [1.29, 1.82) is 0 Å². The van der Waals surface area contributed by atoms with Gasteiger partial charge in [-0.15, -0.1) is 11.3 Å². The molecule has 2 N–H and O–H groups in total. The summed E-state index contributed by atoms with van der Waals surface area (Å²) in [5.41, 5.74) is 1.60. The van der Waals surface area contributed by atoms with Crippen LogP contribution in [0.1, 0.15) is 39.4 Å². The van der Waals surface area contributed by atoms with Crippen LogP contribution in [0.3, 0.4) is 0 Å². The number of benzene rings is 2. The molecule has 2 aromatic carbocycles. The van der Waals surface area contributed by atoms with Crippen molar-refractivity contribution in [3.63, 3.8) is 0 Å². The molecule has 0 unspecified atom stereocenters. The molecule has 0 aliphatic carbocycles. The fourth-order valence-electron chi connectivity index (χ4n) is 2.97. The Morgan fingerprint density at radius 2 is 1.58 bits per heavy atom. The maximum absolute atomic E-state index is 12.6. The normalized spacial score (nSPS) is 10.4. The predicted molar refractivity (Wildman–Crippen MR) is 138 cm³/mol. The quantitative estimate of drug-likeness (QED) is 0.273. The number of anilines is 2. The monoisotopic (exact) mass is 500 g/mol. The molecule has 33 heavy (non-hydrogen) atoms. The second kappa shape index (κ2) is 11.8. The minimum Gasteiger partial charge on any atom is -0.462 e. The van der Waals surface area contributed by atoms with Gasteiger partial charge < -0.3 is 20.1 Å². The number of thiocarbonyl (C=S) groups is 1. The average molecular weight is 501 g/mol. The van der Waals surface area contributed by atoms with Crippen LogP contribution >= 0.6 is 35.3 Å². The second-order valence-corrected chi connectivity index (χ2v) is 9.24. The van der Waals surface area contributed by atoms with Crippen LogP contribution in [0.4, 0.5) is 10.7 Å². The predicted octanol–water partition coefficient (Wildman–Crippen LogP) is 6.37. The Balaban J connectivity index is 1.84. The van der Waals surface area contributed by atoms with E-state index < -0.39 is 11.9 Å². The number of esters is 2. The maximum Gasteiger partial charge on any atom is 0.348 e. The van der Waals surface area contributed by atoms with Crippen LogP contribution in [0.15, 0.2) is 64.4 Å². The third-order valence-electron chi connectivity index (χ3n) is 4.42. The molecule has 1 heterocycles. The Hall–Kier alpha value is -2.88. The van der Waals surface area contributed by atoms with Crippen molar-refractivity contribution in [2.45, 2.75) is 30.6 Å². The van der Waals surface area contributed by atoms with Crippen molar-refractivity contribution in [1.82, 2.24) is 0 Å². The van der Waals surface area contributed by atoms with E-state index in [-0.39, 0.29) is 18.8 Å². The molecule has 9 heteroatoms. The van der Waals surface area contributed by atoms with E-state index in [2.05, 4.69) is 10.6 Å². The molecule has 3 rings (SSSR count). The SMILES string of the molecule is CCOC(=O)c1sc(NC(=S)Nc2ccccc2Sc2ccccc2)c(C(=O)OCC)c1C. The first-order chi connectivity index (χ1) is 15.9. The lowest BCUT2D eigenvalue weighted by molar-refractivity contribution is 0.0527. The van der Waals surface area contributed by atoms with Crippen LogP contribution in [-0.4, -0.2) is 30.3 Å². The molecule has 1 aromatic heterocycles. The van der Waals surface area contributed by atoms with Crippen LogP contribution < -0.4 is 10.6 Å². The zero-order valence-electron chi connectivity index (χ0n) is 18.5. The molecule has 0 amide bonds. The van der Waals surface area contributed by atoms with Crippen LogP contribution in [-0.2, 0) is 9.47 Å². The van der Waals surface area contributed by atoms with Gasteiger partial charge in [-0.3, -0.25) is 0 Å². The van der Waals surface area contributed by atoms with Crippen molar-refractivity contribution < 1.29 is 19.1 Å². The molecule has 172 valence electrons. The molecule has 0 aliphatic heterocycles. The molecular formula is C24H24N2O4S3. The van der Waals surface area contributed by atoms with Gasteiger partial charge in [0.05, 0.1) is 24.5 Å². The first kappa shape index (κ1) is 24.8. The highest BCUT2D eigenvalue weighted by Crippen LogP contribution is 2.36. The van der Waals surface area contributed by atoms with Gasteiger partial charge in [0.25, 0.3) is 0 Å². The van der Waals surface area contributed by atoms with E-state index in [1.54, 1.807) is 32.5 Å². The van der Waals surface area contributed by atoms with Gasteiger partial charge in [0, 0.05) is 9.79 Å². The van der Waals surface area contributed by atoms with Gasteiger partial charge in [-0.1, -0.05) is 42.1 Å². The Kier molecular flexibility index (Phi) is 8.87. The first-order valence-electron chi connectivity index (χ1n) is 10.3. The number of carbonyl (C=O) groups is 2. The van der Waals surface area contributed by atoms with Gasteiger partial charge in [-0.2, -0.15) is 0 Å². The molecule has 0 aliphatic rings. The number of hydrogen-bond donors (Lipinski definition) is 2. The van der Waals surface area contributed by atoms with Crippen molar-refractivity contribution in [2.24, 2.45) is 0 Å². The van der Waals surface area contributed by atoms with Crippen LogP contribution in [0.25, 0.3) is 0 Å². The van der Waals surface area contributed by atoms with Crippen molar-refractivity contribution >= 4 is 63.1 Å². The Morgan fingerprint density at radius 1 is 0.939 bits per heavy atom. The summed E-state index contributed by atoms with van der Waals surface area (Å²) in [6.07, 6.45) is 0. The third-order valence-corrected chi connectivity index (χ3v) is 6.90. The van der Waals surface area contributed by atoms with E-state index in [4.69, 9.17) is 21.7 Å². The van der Waals surface area contributed by atoms with E-state index in [1.165, 1.54) is 0 Å². The number of thiophene rings is 1. The largest absolute Gasteiger partial charge is 0.462 e. The summed E-state index contributed by atoms with van der Waals surface area (Å²) in [5, 5.41) is 6.99. The highest BCUT2D eigenvalue weighted by atomic mass is 32.2. The molecule has 0 saturated heterocycles. The van der Waals surface area contributed by atoms with Gasteiger partial charge in [-0.05, 0) is 62.8 Å². The molecule has 0 bridgehead atoms. The summed E-state index contributed by atoms with van der Waals surface area (Å²) >= 11 is 8.25. The Labute approximate surface area is 206 Å². The number of para-hydroxylation sites is 1. The molecule has 0 radical (unpaired) electrons. The highest BCUT2D eigenvalue weighted by Gasteiger charge is 2.27. The van der Waals surface area contributed by atoms with Crippen LogP contribution in [0.2, 0.25) is 0 Å². The number of hydrogen-bond acceptors (Lipinski definition) is 7. The smallest absolute Gasteiger partial charge is 0.348 e. The van der Waals surface area contributed by atoms with Gasteiger partial charge in [0.1, 0.15) is 9.88 Å². The molecule has 0 fully saturated rings. The number of nitrogens with one attached hydrogen (secondary N) is 2. The van der Waals surface area contributed by atoms with Crippen molar-refractivity contribution in [3.8, 4) is 0 Å². The van der Waals surface area contributed by atoms with E-state index in [0.29, 0.717) is 20.6 Å². The lowest BCUT2D eigenvalue weighted by atomic mass is 10.1.